The molecule has 0 bridgehead atoms. The van der Waals surface area contributed by atoms with Crippen LogP contribution in [0.5, 0.6) is 0 Å². The maximum atomic E-state index is 14.4. The molecule has 0 aliphatic carbocycles. The lowest BCUT2D eigenvalue weighted by Gasteiger charge is -2.51. The predicted octanol–water partition coefficient (Wildman–Crippen LogP) is 5.89. The van der Waals surface area contributed by atoms with E-state index in [4.69, 9.17) is 16.1 Å². The van der Waals surface area contributed by atoms with Gasteiger partial charge in [0.2, 0.25) is 11.7 Å². The molecule has 210 valence electrons. The van der Waals surface area contributed by atoms with Gasteiger partial charge in [-0.25, -0.2) is 4.39 Å². The zero-order chi connectivity index (χ0) is 28.6. The molecule has 0 unspecified atom stereocenters. The van der Waals surface area contributed by atoms with Crippen LogP contribution in [0.3, 0.4) is 0 Å². The van der Waals surface area contributed by atoms with E-state index in [1.807, 2.05) is 48.5 Å². The molecule has 3 heterocycles. The van der Waals surface area contributed by atoms with Crippen LogP contribution in [0.4, 0.5) is 4.39 Å². The summed E-state index contributed by atoms with van der Waals surface area (Å²) >= 11 is 6.25. The maximum Gasteiger partial charge on any atom is 0.292 e. The number of aliphatic hydroxyl groups is 1. The van der Waals surface area contributed by atoms with E-state index < -0.39 is 29.3 Å². The minimum atomic E-state index is -0.956. The number of aromatic nitrogens is 1. The lowest BCUT2D eigenvalue weighted by molar-refractivity contribution is -0.165. The number of piperidine rings is 2. The third-order valence-corrected chi connectivity index (χ3v) is 8.34. The number of nitrogens with zero attached hydrogens (tertiary/aromatic N) is 3. The third kappa shape index (κ3) is 5.37. The van der Waals surface area contributed by atoms with Crippen LogP contribution in [0, 0.1) is 11.2 Å². The van der Waals surface area contributed by atoms with Crippen molar-refractivity contribution >= 4 is 23.4 Å². The lowest BCUT2D eigenvalue weighted by Crippen LogP contribution is -2.61. The first-order valence-corrected chi connectivity index (χ1v) is 14.0. The van der Waals surface area contributed by atoms with Crippen molar-refractivity contribution in [2.24, 2.45) is 5.41 Å². The molecular weight excluding hydrogens is 545 g/mol. The van der Waals surface area contributed by atoms with Gasteiger partial charge in [-0.1, -0.05) is 71.4 Å². The molecule has 2 aliphatic heterocycles. The molecule has 41 heavy (non-hydrogen) atoms. The van der Waals surface area contributed by atoms with E-state index in [0.717, 1.165) is 11.1 Å². The van der Waals surface area contributed by atoms with Gasteiger partial charge in [-0.15, -0.1) is 0 Å². The van der Waals surface area contributed by atoms with E-state index in [0.29, 0.717) is 35.7 Å². The van der Waals surface area contributed by atoms with Crippen LogP contribution in [-0.2, 0) is 11.3 Å². The second kappa shape index (κ2) is 11.1. The third-order valence-electron chi connectivity index (χ3n) is 8.10. The number of carbonyl (C=O) groups excluding carboxylic acids is 2. The fourth-order valence-electron chi connectivity index (χ4n) is 6.25. The molecule has 4 aromatic rings. The summed E-state index contributed by atoms with van der Waals surface area (Å²) in [4.78, 5) is 31.3. The van der Waals surface area contributed by atoms with E-state index in [2.05, 4.69) is 5.16 Å². The van der Waals surface area contributed by atoms with Crippen LogP contribution in [0.2, 0.25) is 5.02 Å². The molecule has 2 fully saturated rings. The van der Waals surface area contributed by atoms with Crippen molar-refractivity contribution in [3.05, 3.63) is 113 Å². The minimum Gasteiger partial charge on any atom is -0.391 e. The molecule has 3 atom stereocenters. The number of hydrogen-bond donors (Lipinski definition) is 1. The maximum absolute atomic E-state index is 14.4. The van der Waals surface area contributed by atoms with Crippen LogP contribution in [0.25, 0.3) is 11.3 Å². The molecule has 9 heteroatoms. The van der Waals surface area contributed by atoms with Crippen molar-refractivity contribution in [3.63, 3.8) is 0 Å². The van der Waals surface area contributed by atoms with Gasteiger partial charge in [0, 0.05) is 36.3 Å². The second-order valence-corrected chi connectivity index (χ2v) is 11.3. The van der Waals surface area contributed by atoms with Gasteiger partial charge in [0.15, 0.2) is 0 Å². The van der Waals surface area contributed by atoms with E-state index >= 15 is 0 Å². The summed E-state index contributed by atoms with van der Waals surface area (Å²) in [6, 6.07) is 23.7. The highest BCUT2D eigenvalue weighted by Crippen LogP contribution is 2.46. The highest BCUT2D eigenvalue weighted by atomic mass is 35.5. The molecule has 0 radical (unpaired) electrons. The molecular formula is C32H29ClFN3O4. The zero-order valence-electron chi connectivity index (χ0n) is 22.2. The zero-order valence-corrected chi connectivity index (χ0v) is 23.0. The predicted molar refractivity (Wildman–Crippen MR) is 151 cm³/mol. The van der Waals surface area contributed by atoms with Crippen LogP contribution in [0.1, 0.15) is 47.0 Å². The topological polar surface area (TPSA) is 86.9 Å². The Labute approximate surface area is 242 Å². The normalized spacial score (nSPS) is 22.8. The molecule has 1 aromatic heterocycles. The van der Waals surface area contributed by atoms with Crippen LogP contribution in [-0.4, -0.2) is 51.1 Å². The number of hydrogen-bond acceptors (Lipinski definition) is 5. The monoisotopic (exact) mass is 573 g/mol. The molecule has 1 spiro atoms. The van der Waals surface area contributed by atoms with E-state index in [1.165, 1.54) is 18.2 Å². The van der Waals surface area contributed by atoms with E-state index in [9.17, 15) is 19.1 Å². The van der Waals surface area contributed by atoms with Gasteiger partial charge in [-0.2, -0.15) is 0 Å². The molecule has 0 saturated carbocycles. The number of rotatable bonds is 5. The molecule has 3 aromatic carbocycles. The number of benzene rings is 3. The number of aliphatic hydroxyl groups excluding tert-OH is 1. The summed E-state index contributed by atoms with van der Waals surface area (Å²) in [7, 11) is 0. The summed E-state index contributed by atoms with van der Waals surface area (Å²) in [6.45, 7) is 0.854. The SMILES string of the molecule is O=C(c1cc(-c2cccc(F)c2)no1)N1CCC[C@]2(C[C@@H](O)[C@H](c3ccccc3)N(Cc3cccc(Cl)c3)C2=O)C1. The molecule has 2 aliphatic rings. The largest absolute Gasteiger partial charge is 0.391 e. The van der Waals surface area contributed by atoms with Gasteiger partial charge in [0.25, 0.3) is 5.91 Å². The van der Waals surface area contributed by atoms with Gasteiger partial charge >= 0.3 is 0 Å². The quantitative estimate of drug-likeness (QED) is 0.322. The Morgan fingerprint density at radius 3 is 2.66 bits per heavy atom. The summed E-state index contributed by atoms with van der Waals surface area (Å²) in [5.74, 6) is -0.898. The van der Waals surface area contributed by atoms with Crippen LogP contribution < -0.4 is 0 Å². The first kappa shape index (κ1) is 27.2. The number of carbonyl (C=O) groups is 2. The molecule has 7 nitrogen and oxygen atoms in total. The molecule has 2 saturated heterocycles. The van der Waals surface area contributed by atoms with Crippen molar-refractivity contribution in [1.29, 1.82) is 0 Å². The van der Waals surface area contributed by atoms with Gasteiger partial charge in [0.1, 0.15) is 11.5 Å². The smallest absolute Gasteiger partial charge is 0.292 e. The Hall–Kier alpha value is -4.01. The average molecular weight is 574 g/mol. The minimum absolute atomic E-state index is 0.0167. The number of amides is 2. The van der Waals surface area contributed by atoms with Crippen molar-refractivity contribution in [2.45, 2.75) is 38.0 Å². The second-order valence-electron chi connectivity index (χ2n) is 10.9. The highest BCUT2D eigenvalue weighted by Gasteiger charge is 2.53. The first-order valence-electron chi connectivity index (χ1n) is 13.6. The van der Waals surface area contributed by atoms with Gasteiger partial charge < -0.3 is 19.4 Å². The fraction of sp³-hybridized carbons (Fsp3) is 0.281. The van der Waals surface area contributed by atoms with Crippen molar-refractivity contribution in [3.8, 4) is 11.3 Å². The molecule has 1 N–H and O–H groups in total. The van der Waals surface area contributed by atoms with E-state index in [1.54, 1.807) is 28.0 Å². The molecule has 2 amide bonds. The first-order chi connectivity index (χ1) is 19.8. The summed E-state index contributed by atoms with van der Waals surface area (Å²) in [5.41, 5.74) is 1.59. The van der Waals surface area contributed by atoms with Crippen molar-refractivity contribution in [2.75, 3.05) is 13.1 Å². The van der Waals surface area contributed by atoms with Crippen molar-refractivity contribution < 1.29 is 23.6 Å². The Morgan fingerprint density at radius 1 is 1.07 bits per heavy atom. The number of likely N-dealkylation sites (tertiary alicyclic amines) is 2. The standard InChI is InChI=1S/C32H29ClFN3O4/c33-24-11-4-7-21(15-24)19-37-29(22-8-2-1-3-9-22)27(38)18-32(31(37)40)13-6-14-36(20-32)30(39)28-17-26(35-41-28)23-10-5-12-25(34)16-23/h1-5,7-12,15-17,27,29,38H,6,13-14,18-20H2/t27-,29+,32+/m1/s1. The highest BCUT2D eigenvalue weighted by molar-refractivity contribution is 6.30. The summed E-state index contributed by atoms with van der Waals surface area (Å²) in [6.07, 6.45) is 0.530. The Morgan fingerprint density at radius 2 is 1.88 bits per heavy atom. The lowest BCUT2D eigenvalue weighted by atomic mass is 9.69. The summed E-state index contributed by atoms with van der Waals surface area (Å²) in [5, 5.41) is 16.1. The van der Waals surface area contributed by atoms with Crippen LogP contribution in [0.15, 0.2) is 89.5 Å². The Balaban J connectivity index is 1.29. The van der Waals surface area contributed by atoms with Gasteiger partial charge in [-0.05, 0) is 54.7 Å². The van der Waals surface area contributed by atoms with Gasteiger partial charge in [0.05, 0.1) is 17.6 Å². The van der Waals surface area contributed by atoms with Crippen LogP contribution >= 0.6 is 11.6 Å². The average Bonchev–Trinajstić information content (AvgIpc) is 3.47. The molecule has 6 rings (SSSR count). The van der Waals surface area contributed by atoms with Gasteiger partial charge in [-0.3, -0.25) is 9.59 Å². The van der Waals surface area contributed by atoms with E-state index in [-0.39, 0.29) is 31.2 Å². The summed E-state index contributed by atoms with van der Waals surface area (Å²) < 4.78 is 19.1. The van der Waals surface area contributed by atoms with Crippen molar-refractivity contribution in [1.82, 2.24) is 15.0 Å². The fourth-order valence-corrected chi connectivity index (χ4v) is 6.47. The Kier molecular flexibility index (Phi) is 7.36. The Bertz CT molecular complexity index is 1580. The number of halogens is 2.